The minimum Gasteiger partial charge on any atom is -0.467 e. The zero-order valence-electron chi connectivity index (χ0n) is 13.3. The summed E-state index contributed by atoms with van der Waals surface area (Å²) in [7, 11) is 1.26. The first-order valence-corrected chi connectivity index (χ1v) is 7.50. The number of rotatable bonds is 5. The van der Waals surface area contributed by atoms with Crippen molar-refractivity contribution in [3.05, 3.63) is 64.9 Å². The first-order chi connectivity index (χ1) is 12.1. The Morgan fingerprint density at radius 2 is 2.04 bits per heavy atom. The second kappa shape index (κ2) is 7.00. The maximum absolute atomic E-state index is 12.5. The van der Waals surface area contributed by atoms with Gasteiger partial charge in [-0.3, -0.25) is 9.42 Å². The lowest BCUT2D eigenvalue weighted by molar-refractivity contribution is -0.782. The normalized spacial score (nSPS) is 11.9. The van der Waals surface area contributed by atoms with Crippen LogP contribution in [0.15, 0.2) is 53.2 Å². The first-order valence-electron chi connectivity index (χ1n) is 7.50. The van der Waals surface area contributed by atoms with Gasteiger partial charge in [0.15, 0.2) is 0 Å². The molecule has 0 bridgehead atoms. The number of amides is 1. The molecule has 1 N–H and O–H groups in total. The van der Waals surface area contributed by atoms with Crippen molar-refractivity contribution in [2.75, 3.05) is 7.11 Å². The molecule has 1 atom stereocenters. The molecule has 0 aliphatic rings. The molecule has 128 valence electrons. The van der Waals surface area contributed by atoms with Gasteiger partial charge in [0, 0.05) is 23.2 Å². The van der Waals surface area contributed by atoms with Gasteiger partial charge >= 0.3 is 5.97 Å². The Labute approximate surface area is 142 Å². The van der Waals surface area contributed by atoms with Gasteiger partial charge in [-0.15, -0.1) is 0 Å². The van der Waals surface area contributed by atoms with Crippen LogP contribution in [0.3, 0.4) is 0 Å². The van der Waals surface area contributed by atoms with Crippen molar-refractivity contribution < 1.29 is 23.9 Å². The number of aromatic nitrogens is 2. The fraction of sp³-hybridized carbons (Fsp3) is 0.176. The molecule has 2 aromatic carbocycles. The monoisotopic (exact) mass is 341 g/mol. The van der Waals surface area contributed by atoms with Crippen molar-refractivity contribution in [2.45, 2.75) is 12.5 Å². The maximum atomic E-state index is 12.5. The molecule has 25 heavy (non-hydrogen) atoms. The second-order valence-electron chi connectivity index (χ2n) is 5.37. The van der Waals surface area contributed by atoms with E-state index in [9.17, 15) is 14.8 Å². The molecule has 8 heteroatoms. The first kappa shape index (κ1) is 16.4. The number of esters is 1. The van der Waals surface area contributed by atoms with Crippen molar-refractivity contribution in [3.63, 3.8) is 0 Å². The van der Waals surface area contributed by atoms with E-state index in [-0.39, 0.29) is 21.5 Å². The lowest BCUT2D eigenvalue weighted by Crippen LogP contribution is -2.43. The highest BCUT2D eigenvalue weighted by Gasteiger charge is 2.23. The molecule has 3 rings (SSSR count). The summed E-state index contributed by atoms with van der Waals surface area (Å²) in [4.78, 5) is 24.7. The largest absolute Gasteiger partial charge is 0.467 e. The predicted octanol–water partition coefficient (Wildman–Crippen LogP) is 0.975. The van der Waals surface area contributed by atoms with Gasteiger partial charge in [0.2, 0.25) is 11.0 Å². The lowest BCUT2D eigenvalue weighted by Gasteiger charge is -2.16. The number of carbonyl (C=O) groups is 2. The summed E-state index contributed by atoms with van der Waals surface area (Å²) in [6.45, 7) is 0. The molecule has 0 aliphatic carbocycles. The maximum Gasteiger partial charge on any atom is 0.328 e. The standard InChI is InChI=1S/C17H15N3O5/c1-24-17(22)14(9-11-5-3-2-4-6-11)18-16(21)12-7-8-15-13(10-12)19-25-20(15)23/h2-8,10,14H,9H2,1H3,(H,18,21)/t14-/m0/s1. The molecule has 0 saturated carbocycles. The Balaban J connectivity index is 1.79. The molecule has 3 aromatic rings. The van der Waals surface area contributed by atoms with Crippen LogP contribution in [0.2, 0.25) is 0 Å². The van der Waals surface area contributed by atoms with Crippen molar-refractivity contribution in [1.29, 1.82) is 0 Å². The summed E-state index contributed by atoms with van der Waals surface area (Å²) in [6.07, 6.45) is 0.298. The SMILES string of the molecule is COC(=O)[C@H](Cc1ccccc1)NC(=O)c1ccc2c(c1)no[n+]2[O-]. The van der Waals surface area contributed by atoms with E-state index in [0.717, 1.165) is 5.56 Å². The number of fused-ring (bicyclic) bond motifs is 1. The third-order valence-electron chi connectivity index (χ3n) is 3.72. The fourth-order valence-electron chi connectivity index (χ4n) is 2.44. The van der Waals surface area contributed by atoms with Crippen molar-refractivity contribution in [1.82, 2.24) is 10.5 Å². The smallest absolute Gasteiger partial charge is 0.328 e. The molecule has 0 fully saturated rings. The highest BCUT2D eigenvalue weighted by Crippen LogP contribution is 2.11. The number of hydrogen-bond acceptors (Lipinski definition) is 6. The molecule has 8 nitrogen and oxygen atoms in total. The molecule has 1 amide bonds. The van der Waals surface area contributed by atoms with Crippen LogP contribution in [0, 0.1) is 5.21 Å². The molecular formula is C17H15N3O5. The van der Waals surface area contributed by atoms with E-state index in [1.165, 1.54) is 25.3 Å². The van der Waals surface area contributed by atoms with E-state index in [2.05, 4.69) is 15.1 Å². The summed E-state index contributed by atoms with van der Waals surface area (Å²) in [5.41, 5.74) is 1.60. The molecule has 1 aromatic heterocycles. The van der Waals surface area contributed by atoms with Crippen LogP contribution in [0.1, 0.15) is 15.9 Å². The van der Waals surface area contributed by atoms with E-state index < -0.39 is 17.9 Å². The van der Waals surface area contributed by atoms with Crippen LogP contribution in [0.4, 0.5) is 0 Å². The predicted molar refractivity (Wildman–Crippen MR) is 86.4 cm³/mol. The van der Waals surface area contributed by atoms with Crippen LogP contribution in [0.25, 0.3) is 11.0 Å². The van der Waals surface area contributed by atoms with Crippen LogP contribution < -0.4 is 10.2 Å². The minimum absolute atomic E-state index is 0.213. The Hall–Kier alpha value is -3.42. The van der Waals surface area contributed by atoms with Crippen molar-refractivity contribution >= 4 is 22.9 Å². The van der Waals surface area contributed by atoms with Crippen LogP contribution in [0.5, 0.6) is 0 Å². The van der Waals surface area contributed by atoms with Gasteiger partial charge in [0.25, 0.3) is 5.91 Å². The van der Waals surface area contributed by atoms with E-state index in [1.54, 1.807) is 0 Å². The molecule has 0 radical (unpaired) electrons. The summed E-state index contributed by atoms with van der Waals surface area (Å²) in [5.74, 6) is -1.02. The van der Waals surface area contributed by atoms with Crippen molar-refractivity contribution in [3.8, 4) is 0 Å². The molecular weight excluding hydrogens is 326 g/mol. The number of hydrogen-bond donors (Lipinski definition) is 1. The average molecular weight is 341 g/mol. The van der Waals surface area contributed by atoms with E-state index in [0.29, 0.717) is 6.42 Å². The number of ether oxygens (including phenoxy) is 1. The Morgan fingerprint density at radius 3 is 2.76 bits per heavy atom. The minimum atomic E-state index is -0.836. The Kier molecular flexibility index (Phi) is 4.60. The van der Waals surface area contributed by atoms with Gasteiger partial charge in [-0.25, -0.2) is 4.79 Å². The third-order valence-corrected chi connectivity index (χ3v) is 3.72. The lowest BCUT2D eigenvalue weighted by atomic mass is 10.1. The van der Waals surface area contributed by atoms with E-state index in [1.807, 2.05) is 30.3 Å². The quantitative estimate of drug-likeness (QED) is 0.547. The van der Waals surface area contributed by atoms with Gasteiger partial charge in [-0.2, -0.15) is 0 Å². The average Bonchev–Trinajstić information content (AvgIpc) is 3.01. The zero-order chi connectivity index (χ0) is 17.8. The highest BCUT2D eigenvalue weighted by molar-refractivity contribution is 5.98. The van der Waals surface area contributed by atoms with E-state index in [4.69, 9.17) is 4.74 Å². The number of nitrogens with one attached hydrogen (secondary N) is 1. The number of nitrogens with zero attached hydrogens (tertiary/aromatic N) is 2. The Morgan fingerprint density at radius 1 is 1.28 bits per heavy atom. The summed E-state index contributed by atoms with van der Waals surface area (Å²) >= 11 is 0. The molecule has 0 spiro atoms. The summed E-state index contributed by atoms with van der Waals surface area (Å²) in [6, 6.07) is 12.7. The number of methoxy groups -OCH3 is 1. The number of benzene rings is 2. The Bertz CT molecular complexity index is 907. The topological polar surface area (TPSA) is 108 Å². The summed E-state index contributed by atoms with van der Waals surface area (Å²) in [5, 5.41) is 17.5. The summed E-state index contributed by atoms with van der Waals surface area (Å²) < 4.78 is 9.24. The van der Waals surface area contributed by atoms with Gasteiger partial charge in [-0.1, -0.05) is 30.3 Å². The van der Waals surface area contributed by atoms with E-state index >= 15 is 0 Å². The molecule has 1 heterocycles. The molecule has 0 aliphatic heterocycles. The van der Waals surface area contributed by atoms with Crippen LogP contribution in [-0.4, -0.2) is 30.2 Å². The van der Waals surface area contributed by atoms with Crippen LogP contribution >= 0.6 is 0 Å². The van der Waals surface area contributed by atoms with Gasteiger partial charge in [0.1, 0.15) is 6.04 Å². The second-order valence-corrected chi connectivity index (χ2v) is 5.37. The van der Waals surface area contributed by atoms with Gasteiger partial charge in [0.05, 0.1) is 7.11 Å². The fourth-order valence-corrected chi connectivity index (χ4v) is 2.44. The van der Waals surface area contributed by atoms with Crippen molar-refractivity contribution in [2.24, 2.45) is 0 Å². The highest BCUT2D eigenvalue weighted by atomic mass is 16.8. The third kappa shape index (κ3) is 3.57. The molecule has 0 unspecified atom stereocenters. The van der Waals surface area contributed by atoms with Gasteiger partial charge in [-0.05, 0) is 22.6 Å². The van der Waals surface area contributed by atoms with Gasteiger partial charge < -0.3 is 15.3 Å². The zero-order valence-corrected chi connectivity index (χ0v) is 13.3. The van der Waals surface area contributed by atoms with Crippen LogP contribution in [-0.2, 0) is 16.0 Å². The number of carbonyl (C=O) groups excluding carboxylic acids is 2. The molecule has 0 saturated heterocycles.